The third-order valence-electron chi connectivity index (χ3n) is 3.64. The van der Waals surface area contributed by atoms with Gasteiger partial charge in [0.2, 0.25) is 5.91 Å². The highest BCUT2D eigenvalue weighted by molar-refractivity contribution is 7.99. The van der Waals surface area contributed by atoms with Gasteiger partial charge in [0.25, 0.3) is 0 Å². The number of aliphatic hydroxyl groups excluding tert-OH is 3. The molecule has 1 fully saturated rings. The molecule has 1 aliphatic rings. The number of carbonyl (C=O) groups is 1. The number of aliphatic hydroxyl groups is 3. The van der Waals surface area contributed by atoms with Gasteiger partial charge in [-0.05, 0) is 17.7 Å². The number of rotatable bonds is 5. The van der Waals surface area contributed by atoms with E-state index in [4.69, 9.17) is 10.5 Å². The Morgan fingerprint density at radius 3 is 2.52 bits per heavy atom. The first kappa shape index (κ1) is 18.0. The van der Waals surface area contributed by atoms with Crippen molar-refractivity contribution < 1.29 is 24.9 Å². The van der Waals surface area contributed by atoms with E-state index in [2.05, 4.69) is 5.32 Å². The second-order valence-corrected chi connectivity index (χ2v) is 6.57. The highest BCUT2D eigenvalue weighted by atomic mass is 32.2. The fraction of sp³-hybridized carbons (Fsp3) is 0.533. The molecule has 1 saturated heterocycles. The van der Waals surface area contributed by atoms with Crippen molar-refractivity contribution in [1.29, 1.82) is 0 Å². The van der Waals surface area contributed by atoms with E-state index < -0.39 is 36.4 Å². The van der Waals surface area contributed by atoms with Crippen LogP contribution < -0.4 is 11.1 Å². The van der Waals surface area contributed by atoms with Crippen molar-refractivity contribution in [2.45, 2.75) is 42.5 Å². The Morgan fingerprint density at radius 1 is 1.30 bits per heavy atom. The summed E-state index contributed by atoms with van der Waals surface area (Å²) in [6, 6.07) is 6.58. The van der Waals surface area contributed by atoms with Gasteiger partial charge in [0.05, 0.1) is 12.6 Å². The smallest absolute Gasteiger partial charge is 0.217 e. The fourth-order valence-corrected chi connectivity index (χ4v) is 3.61. The van der Waals surface area contributed by atoms with E-state index in [0.29, 0.717) is 11.4 Å². The summed E-state index contributed by atoms with van der Waals surface area (Å²) in [6.45, 7) is 0.920. The number of ether oxygens (including phenoxy) is 1. The van der Waals surface area contributed by atoms with Crippen LogP contribution in [0.25, 0.3) is 0 Å². The monoisotopic (exact) mass is 342 g/mol. The summed E-state index contributed by atoms with van der Waals surface area (Å²) in [6.07, 6.45) is -3.36. The Morgan fingerprint density at radius 2 is 1.96 bits per heavy atom. The van der Waals surface area contributed by atoms with E-state index in [1.165, 1.54) is 18.7 Å². The lowest BCUT2D eigenvalue weighted by Gasteiger charge is -2.42. The Bertz CT molecular complexity index is 527. The molecule has 0 radical (unpaired) electrons. The molecule has 1 aromatic rings. The molecule has 5 atom stereocenters. The highest BCUT2D eigenvalue weighted by Gasteiger charge is 2.44. The number of carbonyl (C=O) groups excluding carboxylic acids is 1. The van der Waals surface area contributed by atoms with Crippen LogP contribution in [0.1, 0.15) is 12.5 Å². The van der Waals surface area contributed by atoms with Crippen molar-refractivity contribution in [3.63, 3.8) is 0 Å². The maximum absolute atomic E-state index is 11.3. The predicted molar refractivity (Wildman–Crippen MR) is 87.5 cm³/mol. The van der Waals surface area contributed by atoms with Gasteiger partial charge < -0.3 is 31.1 Å². The summed E-state index contributed by atoms with van der Waals surface area (Å²) in [7, 11) is 0. The van der Waals surface area contributed by atoms with Gasteiger partial charge in [-0.3, -0.25) is 4.79 Å². The average Bonchev–Trinajstić information content (AvgIpc) is 2.52. The molecule has 0 aromatic heterocycles. The summed E-state index contributed by atoms with van der Waals surface area (Å²) < 4.78 is 5.64. The zero-order chi connectivity index (χ0) is 17.0. The van der Waals surface area contributed by atoms with Gasteiger partial charge >= 0.3 is 0 Å². The van der Waals surface area contributed by atoms with Crippen LogP contribution in [-0.4, -0.2) is 57.6 Å². The number of nitrogens with one attached hydrogen (secondary N) is 1. The molecule has 1 aromatic carbocycles. The molecule has 2 rings (SSSR count). The second kappa shape index (κ2) is 7.98. The lowest BCUT2D eigenvalue weighted by atomic mass is 9.98. The van der Waals surface area contributed by atoms with Crippen molar-refractivity contribution in [2.75, 3.05) is 12.3 Å². The number of nitrogen functional groups attached to an aromatic ring is 1. The van der Waals surface area contributed by atoms with Crippen LogP contribution in [0.4, 0.5) is 5.69 Å². The molecular formula is C15H22N2O5S. The lowest BCUT2D eigenvalue weighted by molar-refractivity contribution is -0.173. The topological polar surface area (TPSA) is 125 Å². The minimum absolute atomic E-state index is 0.328. The minimum atomic E-state index is -1.26. The summed E-state index contributed by atoms with van der Waals surface area (Å²) in [4.78, 5) is 11.3. The van der Waals surface area contributed by atoms with Crippen molar-refractivity contribution in [3.8, 4) is 0 Å². The summed E-state index contributed by atoms with van der Waals surface area (Å²) >= 11 is 1.37. The van der Waals surface area contributed by atoms with Gasteiger partial charge in [0, 0.05) is 18.4 Å². The average molecular weight is 342 g/mol. The zero-order valence-corrected chi connectivity index (χ0v) is 13.6. The normalized spacial score (nSPS) is 30.9. The SMILES string of the molecule is CC(=O)N[C@H]1[C@@H](O)[C@H](O)[C@@H](CO)O[C@H]1SCc1ccc(N)cc1. The molecule has 0 saturated carbocycles. The van der Waals surface area contributed by atoms with E-state index in [1.54, 1.807) is 12.1 Å². The maximum atomic E-state index is 11.3. The lowest BCUT2D eigenvalue weighted by Crippen LogP contribution is -2.63. The number of amides is 1. The Balaban J connectivity index is 2.07. The van der Waals surface area contributed by atoms with Crippen molar-refractivity contribution >= 4 is 23.4 Å². The first-order valence-electron chi connectivity index (χ1n) is 7.28. The molecule has 6 N–H and O–H groups in total. The number of anilines is 1. The molecule has 1 aliphatic heterocycles. The van der Waals surface area contributed by atoms with Crippen LogP contribution in [0.5, 0.6) is 0 Å². The third-order valence-corrected chi connectivity index (χ3v) is 4.88. The standard InChI is InChI=1S/C15H22N2O5S/c1-8(19)17-12-14(21)13(20)11(6-18)22-15(12)23-7-9-2-4-10(16)5-3-9/h2-5,11-15,18,20-21H,6-7,16H2,1H3,(H,17,19)/t11-,12+,13-,14-,15+/m1/s1. The molecule has 1 amide bonds. The van der Waals surface area contributed by atoms with Gasteiger partial charge in [0.1, 0.15) is 23.7 Å². The maximum Gasteiger partial charge on any atom is 0.217 e. The highest BCUT2D eigenvalue weighted by Crippen LogP contribution is 2.30. The minimum Gasteiger partial charge on any atom is -0.399 e. The zero-order valence-electron chi connectivity index (χ0n) is 12.8. The molecule has 0 unspecified atom stereocenters. The van der Waals surface area contributed by atoms with Gasteiger partial charge in [-0.15, -0.1) is 11.8 Å². The van der Waals surface area contributed by atoms with E-state index in [9.17, 15) is 20.1 Å². The summed E-state index contributed by atoms with van der Waals surface area (Å²) in [5.41, 5.74) is 6.73. The van der Waals surface area contributed by atoms with Crippen LogP contribution in [0, 0.1) is 0 Å². The first-order valence-corrected chi connectivity index (χ1v) is 8.33. The second-order valence-electron chi connectivity index (χ2n) is 5.49. The van der Waals surface area contributed by atoms with E-state index in [0.717, 1.165) is 5.56 Å². The number of benzene rings is 1. The molecule has 0 spiro atoms. The van der Waals surface area contributed by atoms with E-state index in [1.807, 2.05) is 12.1 Å². The predicted octanol–water partition coefficient (Wildman–Crippen LogP) is -0.554. The molecule has 7 nitrogen and oxygen atoms in total. The molecule has 1 heterocycles. The van der Waals surface area contributed by atoms with E-state index in [-0.39, 0.29) is 5.91 Å². The molecule has 128 valence electrons. The van der Waals surface area contributed by atoms with Crippen LogP contribution in [0.2, 0.25) is 0 Å². The first-order chi connectivity index (χ1) is 10.9. The van der Waals surface area contributed by atoms with Gasteiger partial charge in [-0.1, -0.05) is 12.1 Å². The Hall–Kier alpha value is -1.32. The molecule has 0 bridgehead atoms. The fourth-order valence-electron chi connectivity index (χ4n) is 2.41. The number of hydrogen-bond donors (Lipinski definition) is 5. The van der Waals surface area contributed by atoms with Gasteiger partial charge in [0.15, 0.2) is 0 Å². The third kappa shape index (κ3) is 4.58. The summed E-state index contributed by atoms with van der Waals surface area (Å²) in [5.74, 6) is 0.243. The molecule has 23 heavy (non-hydrogen) atoms. The van der Waals surface area contributed by atoms with Crippen LogP contribution in [0.3, 0.4) is 0 Å². The van der Waals surface area contributed by atoms with Gasteiger partial charge in [-0.2, -0.15) is 0 Å². The number of thioether (sulfide) groups is 1. The van der Waals surface area contributed by atoms with Crippen LogP contribution in [0.15, 0.2) is 24.3 Å². The van der Waals surface area contributed by atoms with Gasteiger partial charge in [-0.25, -0.2) is 0 Å². The van der Waals surface area contributed by atoms with Crippen LogP contribution >= 0.6 is 11.8 Å². The van der Waals surface area contributed by atoms with Crippen molar-refractivity contribution in [3.05, 3.63) is 29.8 Å². The Labute approximate surface area is 138 Å². The number of hydrogen-bond acceptors (Lipinski definition) is 7. The number of nitrogens with two attached hydrogens (primary N) is 1. The van der Waals surface area contributed by atoms with E-state index >= 15 is 0 Å². The van der Waals surface area contributed by atoms with Crippen LogP contribution in [-0.2, 0) is 15.3 Å². The summed E-state index contributed by atoms with van der Waals surface area (Å²) in [5, 5.41) is 32.0. The molecular weight excluding hydrogens is 320 g/mol. The molecule has 0 aliphatic carbocycles. The largest absolute Gasteiger partial charge is 0.399 e. The quantitative estimate of drug-likeness (QED) is 0.455. The Kier molecular flexibility index (Phi) is 6.25. The van der Waals surface area contributed by atoms with Crippen molar-refractivity contribution in [1.82, 2.24) is 5.32 Å². The molecule has 8 heteroatoms. The van der Waals surface area contributed by atoms with Crippen molar-refractivity contribution in [2.24, 2.45) is 0 Å².